The van der Waals surface area contributed by atoms with Crippen molar-refractivity contribution in [2.45, 2.75) is 24.9 Å². The second-order valence-corrected chi connectivity index (χ2v) is 6.50. The van der Waals surface area contributed by atoms with Crippen LogP contribution in [0, 0.1) is 0 Å². The monoisotopic (exact) mass is 324 g/mol. The average molecular weight is 324 g/mol. The molecule has 5 heteroatoms. The van der Waals surface area contributed by atoms with Gasteiger partial charge < -0.3 is 14.6 Å². The Hall–Kier alpha value is -2.40. The Morgan fingerprint density at radius 1 is 1.12 bits per heavy atom. The molecule has 2 aromatic rings. The summed E-state index contributed by atoms with van der Waals surface area (Å²) in [5.74, 6) is -0.0900. The van der Waals surface area contributed by atoms with Crippen LogP contribution in [-0.4, -0.2) is 46.9 Å². The number of carbonyl (C=O) groups excluding carboxylic acids is 2. The molecule has 0 bridgehead atoms. The van der Waals surface area contributed by atoms with Gasteiger partial charge in [-0.3, -0.25) is 9.59 Å². The third-order valence-electron chi connectivity index (χ3n) is 5.02. The number of hydrogen-bond acceptors (Lipinski definition) is 3. The Morgan fingerprint density at radius 3 is 2.67 bits per heavy atom. The lowest BCUT2D eigenvalue weighted by molar-refractivity contribution is -0.144. The van der Waals surface area contributed by atoms with Gasteiger partial charge in [0.15, 0.2) is 5.78 Å². The van der Waals surface area contributed by atoms with Crippen molar-refractivity contribution in [3.63, 3.8) is 0 Å². The van der Waals surface area contributed by atoms with Crippen LogP contribution in [0.15, 0.2) is 42.5 Å². The Labute approximate surface area is 140 Å². The van der Waals surface area contributed by atoms with Gasteiger partial charge in [0.25, 0.3) is 5.91 Å². The summed E-state index contributed by atoms with van der Waals surface area (Å²) in [6, 6.07) is 13.5. The van der Waals surface area contributed by atoms with Gasteiger partial charge in [-0.2, -0.15) is 0 Å². The smallest absolute Gasteiger partial charge is 0.270 e. The predicted octanol–water partition coefficient (Wildman–Crippen LogP) is 2.65. The first-order valence-corrected chi connectivity index (χ1v) is 8.39. The predicted molar refractivity (Wildman–Crippen MR) is 89.7 cm³/mol. The summed E-state index contributed by atoms with van der Waals surface area (Å²) in [7, 11) is 0. The summed E-state index contributed by atoms with van der Waals surface area (Å²) in [6.07, 6.45) is 2.31. The largest absolute Gasteiger partial charge is 0.367 e. The number of benzene rings is 1. The molecule has 4 rings (SSSR count). The molecule has 5 nitrogen and oxygen atoms in total. The normalized spacial score (nSPS) is 23.8. The van der Waals surface area contributed by atoms with Crippen LogP contribution in [0.1, 0.15) is 29.8 Å². The van der Waals surface area contributed by atoms with Crippen LogP contribution in [0.25, 0.3) is 11.3 Å². The summed E-state index contributed by atoms with van der Waals surface area (Å²) < 4.78 is 5.69. The van der Waals surface area contributed by atoms with Crippen molar-refractivity contribution in [3.8, 4) is 11.3 Å². The molecule has 0 radical (unpaired) electrons. The lowest BCUT2D eigenvalue weighted by Crippen LogP contribution is -2.53. The standard InChI is InChI=1S/C19H20N2O3/c22-17-13-21(11-10-19(17)9-4-12-24-19)18(23)16-8-7-15(20-16)14-5-2-1-3-6-14/h1-3,5-8,20H,4,9-13H2. The van der Waals surface area contributed by atoms with Crippen LogP contribution < -0.4 is 0 Å². The van der Waals surface area contributed by atoms with Crippen molar-refractivity contribution in [2.75, 3.05) is 19.7 Å². The second-order valence-electron chi connectivity index (χ2n) is 6.50. The van der Waals surface area contributed by atoms with E-state index in [0.29, 0.717) is 25.3 Å². The summed E-state index contributed by atoms with van der Waals surface area (Å²) >= 11 is 0. The van der Waals surface area contributed by atoms with Crippen LogP contribution in [0.5, 0.6) is 0 Å². The molecule has 2 aliphatic heterocycles. The SMILES string of the molecule is O=C(c1ccc(-c2ccccc2)[nH]1)N1CCC2(CCCO2)C(=O)C1. The number of ketones is 1. The van der Waals surface area contributed by atoms with Crippen LogP contribution in [0.2, 0.25) is 0 Å². The van der Waals surface area contributed by atoms with Crippen LogP contribution in [0.4, 0.5) is 0 Å². The van der Waals surface area contributed by atoms with Gasteiger partial charge in [-0.1, -0.05) is 30.3 Å². The molecule has 2 fully saturated rings. The van der Waals surface area contributed by atoms with Gasteiger partial charge in [0.2, 0.25) is 0 Å². The molecule has 1 N–H and O–H groups in total. The molecule has 2 aliphatic rings. The van der Waals surface area contributed by atoms with Crippen LogP contribution in [0.3, 0.4) is 0 Å². The number of nitrogens with zero attached hydrogens (tertiary/aromatic N) is 1. The van der Waals surface area contributed by atoms with E-state index in [9.17, 15) is 9.59 Å². The number of ether oxygens (including phenoxy) is 1. The molecule has 1 spiro atoms. The number of nitrogens with one attached hydrogen (secondary N) is 1. The molecule has 1 atom stereocenters. The van der Waals surface area contributed by atoms with E-state index < -0.39 is 5.60 Å². The van der Waals surface area contributed by atoms with Gasteiger partial charge in [-0.25, -0.2) is 0 Å². The molecule has 1 amide bonds. The van der Waals surface area contributed by atoms with E-state index >= 15 is 0 Å². The molecular weight excluding hydrogens is 304 g/mol. The third-order valence-corrected chi connectivity index (χ3v) is 5.02. The summed E-state index contributed by atoms with van der Waals surface area (Å²) in [6.45, 7) is 1.35. The van der Waals surface area contributed by atoms with Crippen molar-refractivity contribution < 1.29 is 14.3 Å². The molecule has 24 heavy (non-hydrogen) atoms. The number of aromatic amines is 1. The number of hydrogen-bond donors (Lipinski definition) is 1. The number of Topliss-reactive ketones (excluding diaryl/α,β-unsaturated/α-hetero) is 1. The lowest BCUT2D eigenvalue weighted by Gasteiger charge is -2.36. The minimum absolute atomic E-state index is 0.0365. The van der Waals surface area contributed by atoms with E-state index in [1.54, 1.807) is 11.0 Å². The highest BCUT2D eigenvalue weighted by atomic mass is 16.5. The summed E-state index contributed by atoms with van der Waals surface area (Å²) in [4.78, 5) is 29.9. The molecule has 1 unspecified atom stereocenters. The Kier molecular flexibility index (Phi) is 3.73. The van der Waals surface area contributed by atoms with Crippen molar-refractivity contribution in [1.82, 2.24) is 9.88 Å². The van der Waals surface area contributed by atoms with Crippen molar-refractivity contribution in [3.05, 3.63) is 48.2 Å². The first-order valence-electron chi connectivity index (χ1n) is 8.39. The number of likely N-dealkylation sites (tertiary alicyclic amines) is 1. The summed E-state index contributed by atoms with van der Waals surface area (Å²) in [5, 5.41) is 0. The van der Waals surface area contributed by atoms with Crippen molar-refractivity contribution in [2.24, 2.45) is 0 Å². The van der Waals surface area contributed by atoms with Gasteiger partial charge in [-0.05, 0) is 30.5 Å². The highest BCUT2D eigenvalue weighted by Gasteiger charge is 2.46. The number of aromatic nitrogens is 1. The number of H-pyrrole nitrogens is 1. The molecule has 2 saturated heterocycles. The van der Waals surface area contributed by atoms with Gasteiger partial charge in [0.1, 0.15) is 11.3 Å². The Bertz CT molecular complexity index is 760. The molecule has 1 aromatic carbocycles. The highest BCUT2D eigenvalue weighted by molar-refractivity contribution is 5.99. The molecular formula is C19H20N2O3. The summed E-state index contributed by atoms with van der Waals surface area (Å²) in [5.41, 5.74) is 1.83. The maximum Gasteiger partial charge on any atom is 0.270 e. The molecule has 124 valence electrons. The lowest BCUT2D eigenvalue weighted by atomic mass is 9.87. The Morgan fingerprint density at radius 2 is 1.96 bits per heavy atom. The highest BCUT2D eigenvalue weighted by Crippen LogP contribution is 2.33. The van der Waals surface area contributed by atoms with Gasteiger partial charge >= 0.3 is 0 Å². The average Bonchev–Trinajstić information content (AvgIpc) is 3.28. The number of piperidine rings is 1. The first-order chi connectivity index (χ1) is 11.7. The quantitative estimate of drug-likeness (QED) is 0.924. The molecule has 0 saturated carbocycles. The van der Waals surface area contributed by atoms with Crippen molar-refractivity contribution >= 4 is 11.7 Å². The van der Waals surface area contributed by atoms with Gasteiger partial charge in [-0.15, -0.1) is 0 Å². The van der Waals surface area contributed by atoms with E-state index in [0.717, 1.165) is 24.1 Å². The molecule has 0 aliphatic carbocycles. The minimum atomic E-state index is -0.623. The van der Waals surface area contributed by atoms with E-state index in [4.69, 9.17) is 4.74 Å². The maximum atomic E-state index is 12.7. The fourth-order valence-electron chi connectivity index (χ4n) is 3.62. The number of carbonyl (C=O) groups is 2. The number of amides is 1. The fraction of sp³-hybridized carbons (Fsp3) is 0.368. The zero-order valence-electron chi connectivity index (χ0n) is 13.5. The maximum absolute atomic E-state index is 12.7. The first kappa shape index (κ1) is 15.1. The van der Waals surface area contributed by atoms with E-state index in [1.807, 2.05) is 36.4 Å². The molecule has 1 aromatic heterocycles. The van der Waals surface area contributed by atoms with Crippen LogP contribution >= 0.6 is 0 Å². The van der Waals surface area contributed by atoms with E-state index in [1.165, 1.54) is 0 Å². The Balaban J connectivity index is 1.49. The van der Waals surface area contributed by atoms with Gasteiger partial charge in [0, 0.05) is 25.3 Å². The number of rotatable bonds is 2. The molecule has 3 heterocycles. The van der Waals surface area contributed by atoms with E-state index in [-0.39, 0.29) is 18.2 Å². The second kappa shape index (κ2) is 5.91. The zero-order chi connectivity index (χ0) is 16.6. The topological polar surface area (TPSA) is 62.4 Å². The fourth-order valence-corrected chi connectivity index (χ4v) is 3.62. The van der Waals surface area contributed by atoms with Crippen molar-refractivity contribution in [1.29, 1.82) is 0 Å². The van der Waals surface area contributed by atoms with Gasteiger partial charge in [0.05, 0.1) is 6.54 Å². The van der Waals surface area contributed by atoms with Crippen LogP contribution in [-0.2, 0) is 9.53 Å². The third kappa shape index (κ3) is 2.55. The minimum Gasteiger partial charge on any atom is -0.367 e. The van der Waals surface area contributed by atoms with E-state index in [2.05, 4.69) is 4.98 Å². The zero-order valence-corrected chi connectivity index (χ0v) is 13.5.